The molecule has 1 amide bonds. The summed E-state index contributed by atoms with van der Waals surface area (Å²) in [5.41, 5.74) is 2.18. The number of phenolic OH excluding ortho intramolecular Hbond substituents is 1. The number of hydrogen-bond acceptors (Lipinski definition) is 2. The van der Waals surface area contributed by atoms with Crippen molar-refractivity contribution >= 4 is 34.8 Å². The molecule has 0 bridgehead atoms. The lowest BCUT2D eigenvalue weighted by Gasteiger charge is -2.18. The molecule has 25 heavy (non-hydrogen) atoms. The van der Waals surface area contributed by atoms with Crippen LogP contribution < -0.4 is 5.32 Å². The van der Waals surface area contributed by atoms with E-state index in [2.05, 4.69) is 5.32 Å². The molecular formula is C20H15Cl2NO2. The van der Waals surface area contributed by atoms with Gasteiger partial charge in [-0.2, -0.15) is 0 Å². The molecule has 0 aliphatic rings. The van der Waals surface area contributed by atoms with Crippen LogP contribution in [0.1, 0.15) is 17.0 Å². The maximum Gasteiger partial charge on any atom is 0.236 e. The predicted octanol–water partition coefficient (Wildman–Crippen LogP) is 5.47. The molecule has 0 aliphatic carbocycles. The van der Waals surface area contributed by atoms with Gasteiger partial charge in [-0.15, -0.1) is 0 Å². The van der Waals surface area contributed by atoms with E-state index in [4.69, 9.17) is 23.2 Å². The molecule has 0 heterocycles. The van der Waals surface area contributed by atoms with Crippen LogP contribution in [0.4, 0.5) is 5.69 Å². The summed E-state index contributed by atoms with van der Waals surface area (Å²) < 4.78 is 0. The van der Waals surface area contributed by atoms with Crippen LogP contribution in [-0.4, -0.2) is 11.0 Å². The molecule has 2 N–H and O–H groups in total. The number of hydrogen-bond donors (Lipinski definition) is 2. The molecule has 3 aromatic carbocycles. The average molecular weight is 372 g/mol. The highest BCUT2D eigenvalue weighted by atomic mass is 35.5. The lowest BCUT2D eigenvalue weighted by molar-refractivity contribution is -0.116. The first kappa shape index (κ1) is 17.3. The van der Waals surface area contributed by atoms with E-state index in [-0.39, 0.29) is 21.7 Å². The highest BCUT2D eigenvalue weighted by molar-refractivity contribution is 6.37. The summed E-state index contributed by atoms with van der Waals surface area (Å²) in [7, 11) is 0. The number of amides is 1. The molecule has 126 valence electrons. The minimum atomic E-state index is -0.478. The molecule has 0 spiro atoms. The number of carbonyl (C=O) groups is 1. The van der Waals surface area contributed by atoms with Crippen LogP contribution >= 0.6 is 23.2 Å². The van der Waals surface area contributed by atoms with Crippen LogP contribution in [0.3, 0.4) is 0 Å². The Kier molecular flexibility index (Phi) is 5.27. The van der Waals surface area contributed by atoms with Crippen molar-refractivity contribution in [3.8, 4) is 5.75 Å². The fraction of sp³-hybridized carbons (Fsp3) is 0.0500. The highest BCUT2D eigenvalue weighted by Gasteiger charge is 2.23. The Morgan fingerprint density at radius 2 is 1.28 bits per heavy atom. The van der Waals surface area contributed by atoms with Gasteiger partial charge in [0, 0.05) is 5.69 Å². The van der Waals surface area contributed by atoms with Gasteiger partial charge in [0.15, 0.2) is 5.75 Å². The lowest BCUT2D eigenvalue weighted by atomic mass is 9.90. The maximum atomic E-state index is 13.0. The van der Waals surface area contributed by atoms with Crippen LogP contribution in [0.15, 0.2) is 72.8 Å². The van der Waals surface area contributed by atoms with Crippen LogP contribution in [0.25, 0.3) is 0 Å². The molecule has 0 fully saturated rings. The van der Waals surface area contributed by atoms with Crippen LogP contribution in [0.5, 0.6) is 5.75 Å². The van der Waals surface area contributed by atoms with Crippen molar-refractivity contribution in [3.05, 3.63) is 94.0 Å². The van der Waals surface area contributed by atoms with Crippen molar-refractivity contribution < 1.29 is 9.90 Å². The highest BCUT2D eigenvalue weighted by Crippen LogP contribution is 2.35. The molecule has 0 unspecified atom stereocenters. The minimum Gasteiger partial charge on any atom is -0.505 e. The Bertz CT molecular complexity index is 820. The number of rotatable bonds is 4. The van der Waals surface area contributed by atoms with Gasteiger partial charge in [-0.25, -0.2) is 0 Å². The number of benzene rings is 3. The van der Waals surface area contributed by atoms with Crippen LogP contribution in [0, 0.1) is 0 Å². The Labute approximate surface area is 155 Å². The Balaban J connectivity index is 1.95. The quantitative estimate of drug-likeness (QED) is 0.597. The van der Waals surface area contributed by atoms with Crippen molar-refractivity contribution in [1.82, 2.24) is 0 Å². The van der Waals surface area contributed by atoms with E-state index >= 15 is 0 Å². The van der Waals surface area contributed by atoms with E-state index in [0.717, 1.165) is 11.1 Å². The summed E-state index contributed by atoms with van der Waals surface area (Å²) in [4.78, 5) is 13.0. The van der Waals surface area contributed by atoms with E-state index in [0.29, 0.717) is 5.69 Å². The number of anilines is 1. The zero-order chi connectivity index (χ0) is 17.8. The van der Waals surface area contributed by atoms with Gasteiger partial charge < -0.3 is 10.4 Å². The molecule has 3 nitrogen and oxygen atoms in total. The standard InChI is InChI=1S/C20H15Cl2NO2/c21-16-11-15(12-17(22)19(16)24)23-20(25)18(13-7-3-1-4-8-13)14-9-5-2-6-10-14/h1-12,18,24H,(H,23,25). The van der Waals surface area contributed by atoms with E-state index < -0.39 is 5.92 Å². The van der Waals surface area contributed by atoms with Gasteiger partial charge >= 0.3 is 0 Å². The summed E-state index contributed by atoms with van der Waals surface area (Å²) in [5, 5.41) is 12.6. The predicted molar refractivity (Wildman–Crippen MR) is 101 cm³/mol. The molecule has 3 aromatic rings. The Morgan fingerprint density at radius 3 is 1.72 bits per heavy atom. The largest absolute Gasteiger partial charge is 0.505 e. The molecule has 0 aliphatic heterocycles. The number of nitrogens with one attached hydrogen (secondary N) is 1. The molecule has 0 atom stereocenters. The number of halogens is 2. The van der Waals surface area contributed by atoms with E-state index in [9.17, 15) is 9.90 Å². The molecule has 0 aromatic heterocycles. The van der Waals surface area contributed by atoms with E-state index in [1.54, 1.807) is 0 Å². The monoisotopic (exact) mass is 371 g/mol. The summed E-state index contributed by atoms with van der Waals surface area (Å²) in [5.74, 6) is -0.895. The van der Waals surface area contributed by atoms with Gasteiger partial charge in [-0.1, -0.05) is 83.9 Å². The zero-order valence-electron chi connectivity index (χ0n) is 13.1. The first-order valence-corrected chi connectivity index (χ1v) is 8.40. The molecule has 5 heteroatoms. The summed E-state index contributed by atoms with van der Waals surface area (Å²) in [6.07, 6.45) is 0. The van der Waals surface area contributed by atoms with Gasteiger partial charge in [-0.05, 0) is 23.3 Å². The number of carbonyl (C=O) groups excluding carboxylic acids is 1. The topological polar surface area (TPSA) is 49.3 Å². The third-order valence-electron chi connectivity index (χ3n) is 3.81. The average Bonchev–Trinajstić information content (AvgIpc) is 2.61. The molecular weight excluding hydrogens is 357 g/mol. The second-order valence-corrected chi connectivity index (χ2v) is 6.35. The van der Waals surface area contributed by atoms with Crippen molar-refractivity contribution in [2.45, 2.75) is 5.92 Å². The van der Waals surface area contributed by atoms with Crippen molar-refractivity contribution in [2.75, 3.05) is 5.32 Å². The third kappa shape index (κ3) is 3.95. The third-order valence-corrected chi connectivity index (χ3v) is 4.39. The fourth-order valence-corrected chi connectivity index (χ4v) is 3.13. The molecule has 3 rings (SSSR count). The van der Waals surface area contributed by atoms with Crippen LogP contribution in [-0.2, 0) is 4.79 Å². The first-order chi connectivity index (χ1) is 12.1. The Morgan fingerprint density at radius 1 is 0.840 bits per heavy atom. The van der Waals surface area contributed by atoms with Crippen molar-refractivity contribution in [3.63, 3.8) is 0 Å². The second kappa shape index (κ2) is 7.60. The van der Waals surface area contributed by atoms with E-state index in [1.807, 2.05) is 60.7 Å². The summed E-state index contributed by atoms with van der Waals surface area (Å²) >= 11 is 11.9. The summed E-state index contributed by atoms with van der Waals surface area (Å²) in [6, 6.07) is 22.0. The first-order valence-electron chi connectivity index (χ1n) is 7.65. The lowest BCUT2D eigenvalue weighted by Crippen LogP contribution is -2.22. The van der Waals surface area contributed by atoms with Gasteiger partial charge in [0.05, 0.1) is 16.0 Å². The van der Waals surface area contributed by atoms with Crippen molar-refractivity contribution in [2.24, 2.45) is 0 Å². The van der Waals surface area contributed by atoms with Gasteiger partial charge in [0.1, 0.15) is 0 Å². The van der Waals surface area contributed by atoms with Crippen molar-refractivity contribution in [1.29, 1.82) is 0 Å². The Hall–Kier alpha value is -2.49. The number of phenols is 1. The normalized spacial score (nSPS) is 10.7. The SMILES string of the molecule is O=C(Nc1cc(Cl)c(O)c(Cl)c1)C(c1ccccc1)c1ccccc1. The number of aromatic hydroxyl groups is 1. The van der Waals surface area contributed by atoms with Crippen LogP contribution in [0.2, 0.25) is 10.0 Å². The van der Waals surface area contributed by atoms with Gasteiger partial charge in [0.25, 0.3) is 0 Å². The zero-order valence-corrected chi connectivity index (χ0v) is 14.6. The molecule has 0 radical (unpaired) electrons. The summed E-state index contributed by atoms with van der Waals surface area (Å²) in [6.45, 7) is 0. The van der Waals surface area contributed by atoms with Gasteiger partial charge in [0.2, 0.25) is 5.91 Å². The second-order valence-electron chi connectivity index (χ2n) is 5.53. The maximum absolute atomic E-state index is 13.0. The minimum absolute atomic E-state index is 0.0822. The van der Waals surface area contributed by atoms with Gasteiger partial charge in [-0.3, -0.25) is 4.79 Å². The fourth-order valence-electron chi connectivity index (χ4n) is 2.64. The molecule has 0 saturated heterocycles. The molecule has 0 saturated carbocycles. The smallest absolute Gasteiger partial charge is 0.236 e. The van der Waals surface area contributed by atoms with E-state index in [1.165, 1.54) is 12.1 Å².